The van der Waals surface area contributed by atoms with Crippen LogP contribution in [0.15, 0.2) is 24.3 Å². The number of carboxylic acid groups (broad SMARTS) is 1. The van der Waals surface area contributed by atoms with Crippen LogP contribution in [0.2, 0.25) is 0 Å². The van der Waals surface area contributed by atoms with Gasteiger partial charge in [0, 0.05) is 13.1 Å². The summed E-state index contributed by atoms with van der Waals surface area (Å²) in [5.74, 6) is -0.368. The quantitative estimate of drug-likeness (QED) is 0.775. The lowest BCUT2D eigenvalue weighted by atomic mass is 9.73. The highest BCUT2D eigenvalue weighted by atomic mass is 16.4. The number of nitrogens with zero attached hydrogens (tertiary/aromatic N) is 2. The predicted molar refractivity (Wildman–Crippen MR) is 113 cm³/mol. The molecule has 0 spiro atoms. The Morgan fingerprint density at radius 2 is 1.83 bits per heavy atom. The summed E-state index contributed by atoms with van der Waals surface area (Å²) in [6.45, 7) is 7.00. The van der Waals surface area contributed by atoms with Crippen molar-refractivity contribution in [2.45, 2.75) is 44.9 Å². The van der Waals surface area contributed by atoms with E-state index in [9.17, 15) is 19.5 Å². The number of para-hydroxylation sites is 1. The Morgan fingerprint density at radius 1 is 1.13 bits per heavy atom. The zero-order valence-corrected chi connectivity index (χ0v) is 17.8. The fourth-order valence-electron chi connectivity index (χ4n) is 5.03. The van der Waals surface area contributed by atoms with Crippen LogP contribution in [0.3, 0.4) is 0 Å². The minimum absolute atomic E-state index is 0.174. The number of fused-ring (bicyclic) bond motifs is 1. The number of carbonyl (C=O) groups excluding carboxylic acids is 2. The lowest BCUT2D eigenvalue weighted by Gasteiger charge is -2.40. The van der Waals surface area contributed by atoms with E-state index in [1.54, 1.807) is 0 Å². The third kappa shape index (κ3) is 3.71. The van der Waals surface area contributed by atoms with Crippen molar-refractivity contribution in [1.29, 1.82) is 0 Å². The molecule has 4 rings (SSSR count). The van der Waals surface area contributed by atoms with Gasteiger partial charge in [-0.25, -0.2) is 9.69 Å². The Morgan fingerprint density at radius 3 is 2.47 bits per heavy atom. The first-order valence-corrected chi connectivity index (χ1v) is 11.0. The molecule has 1 aliphatic carbocycles. The second kappa shape index (κ2) is 8.02. The molecule has 2 N–H and O–H groups in total. The smallest absolute Gasteiger partial charge is 0.328 e. The molecule has 0 radical (unpaired) electrons. The van der Waals surface area contributed by atoms with Gasteiger partial charge in [-0.3, -0.25) is 9.59 Å². The second-order valence-corrected chi connectivity index (χ2v) is 9.49. The van der Waals surface area contributed by atoms with Crippen molar-refractivity contribution < 1.29 is 19.5 Å². The number of hydrogen-bond donors (Lipinski definition) is 2. The molecule has 2 aliphatic heterocycles. The van der Waals surface area contributed by atoms with Crippen LogP contribution in [0.1, 0.15) is 45.1 Å². The van der Waals surface area contributed by atoms with E-state index in [-0.39, 0.29) is 23.8 Å². The Bertz CT molecular complexity index is 845. The molecule has 1 aromatic carbocycles. The molecule has 162 valence electrons. The SMILES string of the molecule is CC1(C)C(=O)N(C(=O)NCC2CCN(CC3CCC3C(=O)O)CC2)c2ccccc21. The van der Waals surface area contributed by atoms with Gasteiger partial charge in [-0.1, -0.05) is 18.2 Å². The molecule has 1 saturated heterocycles. The molecule has 7 nitrogen and oxygen atoms in total. The first kappa shape index (κ1) is 20.8. The van der Waals surface area contributed by atoms with E-state index < -0.39 is 11.4 Å². The summed E-state index contributed by atoms with van der Waals surface area (Å²) in [4.78, 5) is 40.5. The van der Waals surface area contributed by atoms with E-state index >= 15 is 0 Å². The summed E-state index contributed by atoms with van der Waals surface area (Å²) in [6, 6.07) is 7.13. The molecular formula is C23H31N3O4. The van der Waals surface area contributed by atoms with Crippen molar-refractivity contribution >= 4 is 23.6 Å². The van der Waals surface area contributed by atoms with Crippen molar-refractivity contribution in [2.24, 2.45) is 17.8 Å². The van der Waals surface area contributed by atoms with Crippen LogP contribution in [0, 0.1) is 17.8 Å². The maximum atomic E-state index is 12.8. The zero-order valence-electron chi connectivity index (χ0n) is 17.8. The van der Waals surface area contributed by atoms with Gasteiger partial charge in [-0.05, 0) is 76.1 Å². The second-order valence-electron chi connectivity index (χ2n) is 9.49. The topological polar surface area (TPSA) is 90.0 Å². The van der Waals surface area contributed by atoms with Gasteiger partial charge in [0.25, 0.3) is 0 Å². The summed E-state index contributed by atoms with van der Waals surface area (Å²) >= 11 is 0. The van der Waals surface area contributed by atoms with E-state index in [0.717, 1.165) is 50.9 Å². The third-order valence-corrected chi connectivity index (χ3v) is 7.24. The molecule has 2 fully saturated rings. The van der Waals surface area contributed by atoms with E-state index in [4.69, 9.17) is 0 Å². The number of amides is 3. The van der Waals surface area contributed by atoms with E-state index in [2.05, 4.69) is 10.2 Å². The highest BCUT2D eigenvalue weighted by molar-refractivity contribution is 6.22. The van der Waals surface area contributed by atoms with Crippen LogP contribution in [-0.4, -0.2) is 54.1 Å². The van der Waals surface area contributed by atoms with Crippen LogP contribution in [0.4, 0.5) is 10.5 Å². The molecule has 3 aliphatic rings. The molecule has 7 heteroatoms. The minimum atomic E-state index is -0.700. The van der Waals surface area contributed by atoms with Crippen LogP contribution in [0.5, 0.6) is 0 Å². The van der Waals surface area contributed by atoms with Crippen LogP contribution in [-0.2, 0) is 15.0 Å². The van der Waals surface area contributed by atoms with Gasteiger partial charge in [0.1, 0.15) is 0 Å². The summed E-state index contributed by atoms with van der Waals surface area (Å²) in [7, 11) is 0. The first-order chi connectivity index (χ1) is 14.3. The first-order valence-electron chi connectivity index (χ1n) is 11.0. The lowest BCUT2D eigenvalue weighted by Crippen LogP contribution is -2.48. The number of imide groups is 1. The Kier molecular flexibility index (Phi) is 5.57. The fraction of sp³-hybridized carbons (Fsp3) is 0.609. The average Bonchev–Trinajstić information content (AvgIpc) is 2.90. The molecule has 2 atom stereocenters. The highest BCUT2D eigenvalue weighted by Gasteiger charge is 2.46. The number of urea groups is 1. The molecule has 1 aromatic rings. The number of piperidine rings is 1. The normalized spacial score (nSPS) is 26.2. The number of aliphatic carboxylic acids is 1. The van der Waals surface area contributed by atoms with Crippen LogP contribution >= 0.6 is 0 Å². The third-order valence-electron chi connectivity index (χ3n) is 7.24. The van der Waals surface area contributed by atoms with Gasteiger partial charge in [-0.2, -0.15) is 0 Å². The number of carbonyl (C=O) groups is 3. The van der Waals surface area contributed by atoms with Crippen molar-refractivity contribution in [3.05, 3.63) is 29.8 Å². The van der Waals surface area contributed by atoms with Crippen molar-refractivity contribution in [3.63, 3.8) is 0 Å². The largest absolute Gasteiger partial charge is 0.481 e. The molecule has 2 heterocycles. The maximum absolute atomic E-state index is 12.8. The fourth-order valence-corrected chi connectivity index (χ4v) is 5.03. The molecule has 0 aromatic heterocycles. The molecule has 3 amide bonds. The number of benzene rings is 1. The standard InChI is InChI=1S/C23H31N3O4/c1-23(2)18-5-3-4-6-19(18)26(21(23)29)22(30)24-13-15-9-11-25(12-10-15)14-16-7-8-17(16)20(27)28/h3-6,15-17H,7-14H2,1-2H3,(H,24,30)(H,27,28). The maximum Gasteiger partial charge on any atom is 0.328 e. The molecule has 1 saturated carbocycles. The van der Waals surface area contributed by atoms with Gasteiger partial charge < -0.3 is 15.3 Å². The number of rotatable bonds is 5. The van der Waals surface area contributed by atoms with Crippen molar-refractivity contribution in [3.8, 4) is 0 Å². The van der Waals surface area contributed by atoms with E-state index in [1.165, 1.54) is 4.90 Å². The average molecular weight is 414 g/mol. The predicted octanol–water partition coefficient (Wildman–Crippen LogP) is 2.84. The Labute approximate surface area is 177 Å². The monoisotopic (exact) mass is 413 g/mol. The van der Waals surface area contributed by atoms with Gasteiger partial charge in [0.05, 0.1) is 17.0 Å². The van der Waals surface area contributed by atoms with Gasteiger partial charge in [-0.15, -0.1) is 0 Å². The molecule has 30 heavy (non-hydrogen) atoms. The van der Waals surface area contributed by atoms with Gasteiger partial charge in [0.2, 0.25) is 5.91 Å². The summed E-state index contributed by atoms with van der Waals surface area (Å²) in [5.41, 5.74) is 0.858. The lowest BCUT2D eigenvalue weighted by molar-refractivity contribution is -0.148. The number of nitrogens with one attached hydrogen (secondary N) is 1. The summed E-state index contributed by atoms with van der Waals surface area (Å²) < 4.78 is 0. The molecule has 0 bridgehead atoms. The van der Waals surface area contributed by atoms with E-state index in [0.29, 0.717) is 18.2 Å². The van der Waals surface area contributed by atoms with Crippen molar-refractivity contribution in [1.82, 2.24) is 10.2 Å². The number of carboxylic acids is 1. The van der Waals surface area contributed by atoms with Gasteiger partial charge in [0.15, 0.2) is 0 Å². The highest BCUT2D eigenvalue weighted by Crippen LogP contribution is 2.41. The summed E-state index contributed by atoms with van der Waals surface area (Å²) in [6.07, 6.45) is 3.76. The molecule has 2 unspecified atom stereocenters. The minimum Gasteiger partial charge on any atom is -0.481 e. The van der Waals surface area contributed by atoms with Crippen LogP contribution in [0.25, 0.3) is 0 Å². The Balaban J connectivity index is 1.27. The zero-order chi connectivity index (χ0) is 21.5. The van der Waals surface area contributed by atoms with E-state index in [1.807, 2.05) is 38.1 Å². The van der Waals surface area contributed by atoms with Gasteiger partial charge >= 0.3 is 12.0 Å². The summed E-state index contributed by atoms with van der Waals surface area (Å²) in [5, 5.41) is 12.2. The Hall–Kier alpha value is -2.41. The number of hydrogen-bond acceptors (Lipinski definition) is 4. The number of anilines is 1. The van der Waals surface area contributed by atoms with Crippen LogP contribution < -0.4 is 10.2 Å². The molecular weight excluding hydrogens is 382 g/mol. The number of likely N-dealkylation sites (tertiary alicyclic amines) is 1. The van der Waals surface area contributed by atoms with Crippen molar-refractivity contribution in [2.75, 3.05) is 31.1 Å².